The van der Waals surface area contributed by atoms with Gasteiger partial charge in [-0.2, -0.15) is 13.2 Å². The first-order valence-electron chi connectivity index (χ1n) is 5.85. The van der Waals surface area contributed by atoms with Crippen LogP contribution in [0.2, 0.25) is 0 Å². The second kappa shape index (κ2) is 7.86. The van der Waals surface area contributed by atoms with Gasteiger partial charge < -0.3 is 14.2 Å². The second-order valence-corrected chi connectivity index (χ2v) is 3.82. The zero-order chi connectivity index (χ0) is 15.0. The highest BCUT2D eigenvalue weighted by molar-refractivity contribution is 5.78. The molecule has 0 radical (unpaired) electrons. The Morgan fingerprint density at radius 2 is 1.85 bits per heavy atom. The molecule has 0 saturated heterocycles. The van der Waals surface area contributed by atoms with Crippen LogP contribution in [0.1, 0.15) is 15.9 Å². The Labute approximate surface area is 114 Å². The number of alkyl halides is 3. The normalized spacial score (nSPS) is 11.4. The van der Waals surface area contributed by atoms with Crippen molar-refractivity contribution in [2.24, 2.45) is 0 Å². The number of benzene rings is 1. The topological polar surface area (TPSA) is 44.8 Å². The summed E-state index contributed by atoms with van der Waals surface area (Å²) in [6.45, 7) is 1.17. The first kappa shape index (κ1) is 16.5. The van der Waals surface area contributed by atoms with E-state index in [2.05, 4.69) is 0 Å². The van der Waals surface area contributed by atoms with Crippen molar-refractivity contribution in [3.05, 3.63) is 29.3 Å². The summed E-state index contributed by atoms with van der Waals surface area (Å²) in [6, 6.07) is 3.20. The fourth-order valence-corrected chi connectivity index (χ4v) is 1.44. The zero-order valence-corrected chi connectivity index (χ0v) is 10.9. The third kappa shape index (κ3) is 5.18. The van der Waals surface area contributed by atoms with E-state index in [1.165, 1.54) is 13.2 Å². The zero-order valence-electron chi connectivity index (χ0n) is 10.9. The fourth-order valence-electron chi connectivity index (χ4n) is 1.44. The van der Waals surface area contributed by atoms with Gasteiger partial charge in [0.2, 0.25) is 0 Å². The molecule has 0 aliphatic rings. The molecule has 1 aromatic rings. The number of rotatable bonds is 8. The molecule has 0 aliphatic heterocycles. The van der Waals surface area contributed by atoms with Crippen molar-refractivity contribution >= 4 is 6.29 Å². The minimum atomic E-state index is -4.59. The van der Waals surface area contributed by atoms with Crippen molar-refractivity contribution < 1.29 is 32.2 Å². The van der Waals surface area contributed by atoms with Gasteiger partial charge in [0, 0.05) is 12.7 Å². The molecule has 0 spiro atoms. The van der Waals surface area contributed by atoms with Gasteiger partial charge in [0.15, 0.2) is 6.29 Å². The molecule has 0 saturated carbocycles. The average molecular weight is 292 g/mol. The van der Waals surface area contributed by atoms with E-state index >= 15 is 0 Å². The molecule has 0 amide bonds. The minimum absolute atomic E-state index is 0.0401. The van der Waals surface area contributed by atoms with Gasteiger partial charge in [-0.15, -0.1) is 0 Å². The first-order chi connectivity index (χ1) is 9.49. The molecule has 4 nitrogen and oxygen atoms in total. The molecule has 1 rings (SSSR count). The summed E-state index contributed by atoms with van der Waals surface area (Å²) >= 11 is 0. The highest BCUT2D eigenvalue weighted by Gasteiger charge is 2.33. The lowest BCUT2D eigenvalue weighted by Crippen LogP contribution is -2.12. The maximum absolute atomic E-state index is 12.7. The summed E-state index contributed by atoms with van der Waals surface area (Å²) in [4.78, 5) is 10.6. The Bertz CT molecular complexity index is 432. The lowest BCUT2D eigenvalue weighted by Gasteiger charge is -2.12. The summed E-state index contributed by atoms with van der Waals surface area (Å²) in [7, 11) is 1.53. The summed E-state index contributed by atoms with van der Waals surface area (Å²) in [5.74, 6) is 0.0401. The number of hydrogen-bond acceptors (Lipinski definition) is 4. The van der Waals surface area contributed by atoms with Crippen LogP contribution in [0.25, 0.3) is 0 Å². The number of hydrogen-bond donors (Lipinski definition) is 0. The van der Waals surface area contributed by atoms with Crippen LogP contribution in [0.15, 0.2) is 18.2 Å². The fraction of sp³-hybridized carbons (Fsp3) is 0.462. The molecule has 112 valence electrons. The van der Waals surface area contributed by atoms with Gasteiger partial charge in [0.25, 0.3) is 0 Å². The van der Waals surface area contributed by atoms with Crippen LogP contribution in [0, 0.1) is 0 Å². The summed E-state index contributed by atoms with van der Waals surface area (Å²) in [6.07, 6.45) is -4.43. The minimum Gasteiger partial charge on any atom is -0.491 e. The number of ether oxygens (including phenoxy) is 3. The quantitative estimate of drug-likeness (QED) is 0.545. The number of carbonyl (C=O) groups is 1. The Morgan fingerprint density at radius 3 is 2.45 bits per heavy atom. The van der Waals surface area contributed by atoms with Crippen LogP contribution in [0.5, 0.6) is 5.75 Å². The molecule has 7 heteroatoms. The van der Waals surface area contributed by atoms with Gasteiger partial charge >= 0.3 is 6.18 Å². The predicted molar refractivity (Wildman–Crippen MR) is 65.0 cm³/mol. The molecule has 0 atom stereocenters. The maximum atomic E-state index is 12.7. The Morgan fingerprint density at radius 1 is 1.15 bits per heavy atom. The predicted octanol–water partition coefficient (Wildman–Crippen LogP) is 2.56. The highest BCUT2D eigenvalue weighted by atomic mass is 19.4. The van der Waals surface area contributed by atoms with Gasteiger partial charge in [-0.3, -0.25) is 4.79 Å². The molecule has 0 fully saturated rings. The van der Waals surface area contributed by atoms with E-state index in [0.717, 1.165) is 12.1 Å². The van der Waals surface area contributed by atoms with Gasteiger partial charge in [-0.05, 0) is 18.2 Å². The maximum Gasteiger partial charge on any atom is 0.417 e. The van der Waals surface area contributed by atoms with Crippen molar-refractivity contribution in [2.75, 3.05) is 33.5 Å². The van der Waals surface area contributed by atoms with Crippen molar-refractivity contribution in [1.29, 1.82) is 0 Å². The molecule has 1 aromatic carbocycles. The molecule has 20 heavy (non-hydrogen) atoms. The molecule has 0 N–H and O–H groups in total. The molecular weight excluding hydrogens is 277 g/mol. The van der Waals surface area contributed by atoms with E-state index in [4.69, 9.17) is 14.2 Å². The van der Waals surface area contributed by atoms with E-state index in [0.29, 0.717) is 13.2 Å². The summed E-state index contributed by atoms with van der Waals surface area (Å²) in [5, 5.41) is 0. The van der Waals surface area contributed by atoms with E-state index < -0.39 is 17.3 Å². The van der Waals surface area contributed by atoms with E-state index in [9.17, 15) is 18.0 Å². The van der Waals surface area contributed by atoms with Crippen LogP contribution in [-0.2, 0) is 15.7 Å². The van der Waals surface area contributed by atoms with Crippen molar-refractivity contribution in [2.45, 2.75) is 6.18 Å². The SMILES string of the molecule is COCCOCCOc1ccc(C=O)c(C(F)(F)F)c1. The van der Waals surface area contributed by atoms with Crippen LogP contribution in [0.4, 0.5) is 13.2 Å². The van der Waals surface area contributed by atoms with E-state index in [1.54, 1.807) is 0 Å². The molecule has 0 aromatic heterocycles. The number of halogens is 3. The molecule has 0 aliphatic carbocycles. The monoisotopic (exact) mass is 292 g/mol. The Kier molecular flexibility index (Phi) is 6.47. The number of aldehydes is 1. The molecule has 0 heterocycles. The van der Waals surface area contributed by atoms with Crippen molar-refractivity contribution in [1.82, 2.24) is 0 Å². The lowest BCUT2D eigenvalue weighted by atomic mass is 10.1. The lowest BCUT2D eigenvalue weighted by molar-refractivity contribution is -0.137. The Hall–Kier alpha value is -1.60. The van der Waals surface area contributed by atoms with Crippen LogP contribution in [-0.4, -0.2) is 39.8 Å². The van der Waals surface area contributed by atoms with Gasteiger partial charge in [0.1, 0.15) is 12.4 Å². The summed E-state index contributed by atoms with van der Waals surface area (Å²) < 4.78 is 53.1. The third-order valence-corrected chi connectivity index (χ3v) is 2.39. The third-order valence-electron chi connectivity index (χ3n) is 2.39. The van der Waals surface area contributed by atoms with Gasteiger partial charge in [-0.1, -0.05) is 0 Å². The van der Waals surface area contributed by atoms with Crippen molar-refractivity contribution in [3.63, 3.8) is 0 Å². The molecular formula is C13H15F3O4. The standard InChI is InChI=1S/C13H15F3O4/c1-18-4-5-19-6-7-20-11-3-2-10(9-17)12(8-11)13(14,15)16/h2-3,8-9H,4-7H2,1H3. The second-order valence-electron chi connectivity index (χ2n) is 3.82. The first-order valence-corrected chi connectivity index (χ1v) is 5.85. The van der Waals surface area contributed by atoms with Gasteiger partial charge in [-0.25, -0.2) is 0 Å². The van der Waals surface area contributed by atoms with Crippen LogP contribution in [0.3, 0.4) is 0 Å². The van der Waals surface area contributed by atoms with E-state index in [-0.39, 0.29) is 25.2 Å². The largest absolute Gasteiger partial charge is 0.491 e. The number of carbonyl (C=O) groups excluding carboxylic acids is 1. The highest BCUT2D eigenvalue weighted by Crippen LogP contribution is 2.33. The molecule has 0 unspecified atom stereocenters. The smallest absolute Gasteiger partial charge is 0.417 e. The van der Waals surface area contributed by atoms with E-state index in [1.807, 2.05) is 0 Å². The van der Waals surface area contributed by atoms with Gasteiger partial charge in [0.05, 0.1) is 25.4 Å². The van der Waals surface area contributed by atoms with Crippen LogP contribution >= 0.6 is 0 Å². The Balaban J connectivity index is 2.57. The molecule has 0 bridgehead atoms. The summed E-state index contributed by atoms with van der Waals surface area (Å²) in [5.41, 5.74) is -1.42. The number of methoxy groups -OCH3 is 1. The van der Waals surface area contributed by atoms with Crippen molar-refractivity contribution in [3.8, 4) is 5.75 Å². The van der Waals surface area contributed by atoms with Crippen LogP contribution < -0.4 is 4.74 Å². The average Bonchev–Trinajstić information content (AvgIpc) is 2.41.